The minimum absolute atomic E-state index is 0.159. The molecule has 0 heterocycles. The molecule has 6 heteroatoms. The van der Waals surface area contributed by atoms with E-state index in [9.17, 15) is 9.18 Å². The van der Waals surface area contributed by atoms with E-state index in [1.54, 1.807) is 14.2 Å². The Bertz CT molecular complexity index is 660. The van der Waals surface area contributed by atoms with Crippen LogP contribution in [0.3, 0.4) is 0 Å². The van der Waals surface area contributed by atoms with Gasteiger partial charge in [-0.1, -0.05) is 18.2 Å². The van der Waals surface area contributed by atoms with Gasteiger partial charge >= 0.3 is 0 Å². The van der Waals surface area contributed by atoms with E-state index in [0.717, 1.165) is 5.56 Å². The molecule has 0 saturated heterocycles. The van der Waals surface area contributed by atoms with Crippen LogP contribution < -0.4 is 14.8 Å². The second-order valence-corrected chi connectivity index (χ2v) is 5.01. The minimum atomic E-state index is -0.355. The third-order valence-corrected chi connectivity index (χ3v) is 3.44. The summed E-state index contributed by atoms with van der Waals surface area (Å²) < 4.78 is 28.8. The molecule has 24 heavy (non-hydrogen) atoms. The first kappa shape index (κ1) is 17.7. The van der Waals surface area contributed by atoms with Crippen LogP contribution in [0.4, 0.5) is 4.39 Å². The average molecular weight is 333 g/mol. The molecule has 1 amide bonds. The Hall–Kier alpha value is -2.60. The van der Waals surface area contributed by atoms with Crippen LogP contribution in [0.25, 0.3) is 0 Å². The van der Waals surface area contributed by atoms with Crippen LogP contribution in [-0.4, -0.2) is 33.3 Å². The van der Waals surface area contributed by atoms with Crippen molar-refractivity contribution in [2.75, 3.05) is 27.4 Å². The lowest BCUT2D eigenvalue weighted by atomic mass is 10.1. The molecule has 1 N–H and O–H groups in total. The Labute approximate surface area is 140 Å². The average Bonchev–Trinajstić information content (AvgIpc) is 2.62. The zero-order chi connectivity index (χ0) is 17.4. The molecule has 0 aliphatic rings. The largest absolute Gasteiger partial charge is 0.496 e. The summed E-state index contributed by atoms with van der Waals surface area (Å²) >= 11 is 0. The Morgan fingerprint density at radius 3 is 2.50 bits per heavy atom. The molecule has 128 valence electrons. The number of nitrogens with one attached hydrogen (secondary N) is 1. The maximum Gasteiger partial charge on any atom is 0.258 e. The zero-order valence-corrected chi connectivity index (χ0v) is 13.6. The van der Waals surface area contributed by atoms with E-state index >= 15 is 0 Å². The number of hydrogen-bond donors (Lipinski definition) is 1. The van der Waals surface area contributed by atoms with E-state index in [1.807, 2.05) is 24.3 Å². The predicted octanol–water partition coefficient (Wildman–Crippen LogP) is 2.72. The molecule has 0 bridgehead atoms. The monoisotopic (exact) mass is 333 g/mol. The minimum Gasteiger partial charge on any atom is -0.496 e. The molecular weight excluding hydrogens is 313 g/mol. The van der Waals surface area contributed by atoms with E-state index in [4.69, 9.17) is 14.2 Å². The number of benzene rings is 2. The third-order valence-electron chi connectivity index (χ3n) is 3.44. The molecule has 0 spiro atoms. The van der Waals surface area contributed by atoms with Crippen molar-refractivity contribution in [2.24, 2.45) is 0 Å². The molecule has 0 aromatic heterocycles. The fourth-order valence-corrected chi connectivity index (χ4v) is 2.19. The SMILES string of the molecule is COc1ccccc1C(CNC(=O)COc1ccc(F)cc1)OC. The number of amides is 1. The van der Waals surface area contributed by atoms with Crippen molar-refractivity contribution in [1.29, 1.82) is 0 Å². The second kappa shape index (κ2) is 8.88. The summed E-state index contributed by atoms with van der Waals surface area (Å²) in [5, 5.41) is 2.75. The van der Waals surface area contributed by atoms with Crippen molar-refractivity contribution in [3.63, 3.8) is 0 Å². The summed E-state index contributed by atoms with van der Waals surface area (Å²) in [7, 11) is 3.15. The summed E-state index contributed by atoms with van der Waals surface area (Å²) in [5.74, 6) is 0.476. The van der Waals surface area contributed by atoms with Gasteiger partial charge in [0.25, 0.3) is 5.91 Å². The number of carbonyl (C=O) groups is 1. The number of hydrogen-bond acceptors (Lipinski definition) is 4. The fraction of sp³-hybridized carbons (Fsp3) is 0.278. The Morgan fingerprint density at radius 1 is 1.12 bits per heavy atom. The number of para-hydroxylation sites is 1. The molecule has 1 atom stereocenters. The highest BCUT2D eigenvalue weighted by Crippen LogP contribution is 2.26. The topological polar surface area (TPSA) is 56.8 Å². The molecule has 0 aliphatic heterocycles. The lowest BCUT2D eigenvalue weighted by Crippen LogP contribution is -2.33. The summed E-state index contributed by atoms with van der Waals surface area (Å²) in [5.41, 5.74) is 0.849. The zero-order valence-electron chi connectivity index (χ0n) is 13.6. The first-order valence-electron chi connectivity index (χ1n) is 7.44. The van der Waals surface area contributed by atoms with Gasteiger partial charge in [-0.15, -0.1) is 0 Å². The highest BCUT2D eigenvalue weighted by molar-refractivity contribution is 5.77. The molecule has 0 aliphatic carbocycles. The Morgan fingerprint density at radius 2 is 1.83 bits per heavy atom. The third kappa shape index (κ3) is 4.96. The molecule has 1 unspecified atom stereocenters. The summed E-state index contributed by atoms with van der Waals surface area (Å²) in [4.78, 5) is 11.9. The van der Waals surface area contributed by atoms with Crippen molar-refractivity contribution < 1.29 is 23.4 Å². The summed E-state index contributed by atoms with van der Waals surface area (Å²) in [6.45, 7) is 0.122. The van der Waals surface area contributed by atoms with Gasteiger partial charge < -0.3 is 19.5 Å². The van der Waals surface area contributed by atoms with Gasteiger partial charge in [0.1, 0.15) is 23.4 Å². The molecule has 2 aromatic rings. The van der Waals surface area contributed by atoms with Crippen LogP contribution in [0, 0.1) is 5.82 Å². The molecule has 0 radical (unpaired) electrons. The second-order valence-electron chi connectivity index (χ2n) is 5.01. The predicted molar refractivity (Wildman–Crippen MR) is 87.6 cm³/mol. The van der Waals surface area contributed by atoms with Crippen molar-refractivity contribution in [3.8, 4) is 11.5 Å². The fourth-order valence-electron chi connectivity index (χ4n) is 2.19. The lowest BCUT2D eigenvalue weighted by molar-refractivity contribution is -0.123. The molecule has 2 aromatic carbocycles. The normalized spacial score (nSPS) is 11.6. The van der Waals surface area contributed by atoms with E-state index in [1.165, 1.54) is 24.3 Å². The Kier molecular flexibility index (Phi) is 6.57. The van der Waals surface area contributed by atoms with E-state index in [2.05, 4.69) is 5.32 Å². The summed E-state index contributed by atoms with van der Waals surface area (Å²) in [6, 6.07) is 12.9. The molecule has 5 nitrogen and oxygen atoms in total. The van der Waals surface area contributed by atoms with Crippen LogP contribution in [0.2, 0.25) is 0 Å². The smallest absolute Gasteiger partial charge is 0.258 e. The van der Waals surface area contributed by atoms with Crippen LogP contribution in [0.1, 0.15) is 11.7 Å². The highest BCUT2D eigenvalue weighted by Gasteiger charge is 2.16. The van der Waals surface area contributed by atoms with Gasteiger partial charge in [0.2, 0.25) is 0 Å². The van der Waals surface area contributed by atoms with Crippen molar-refractivity contribution in [3.05, 3.63) is 59.9 Å². The van der Waals surface area contributed by atoms with Gasteiger partial charge in [0.15, 0.2) is 6.61 Å². The van der Waals surface area contributed by atoms with Crippen LogP contribution in [0.15, 0.2) is 48.5 Å². The van der Waals surface area contributed by atoms with Crippen LogP contribution in [-0.2, 0) is 9.53 Å². The standard InChI is InChI=1S/C18H20FNO4/c1-22-16-6-4-3-5-15(16)17(23-2)11-20-18(21)12-24-14-9-7-13(19)8-10-14/h3-10,17H,11-12H2,1-2H3,(H,20,21). The molecule has 2 rings (SSSR count). The van der Waals surface area contributed by atoms with Gasteiger partial charge in [-0.05, 0) is 30.3 Å². The van der Waals surface area contributed by atoms with E-state index in [-0.39, 0.29) is 31.0 Å². The first-order chi connectivity index (χ1) is 11.6. The van der Waals surface area contributed by atoms with Crippen molar-refractivity contribution >= 4 is 5.91 Å². The number of halogens is 1. The van der Waals surface area contributed by atoms with Crippen LogP contribution in [0.5, 0.6) is 11.5 Å². The van der Waals surface area contributed by atoms with Crippen molar-refractivity contribution in [2.45, 2.75) is 6.10 Å². The molecular formula is C18H20FNO4. The Balaban J connectivity index is 1.86. The van der Waals surface area contributed by atoms with Gasteiger partial charge in [0.05, 0.1) is 7.11 Å². The molecule has 0 saturated carbocycles. The summed E-state index contributed by atoms with van der Waals surface area (Å²) in [6.07, 6.45) is -0.337. The lowest BCUT2D eigenvalue weighted by Gasteiger charge is -2.19. The maximum absolute atomic E-state index is 12.8. The van der Waals surface area contributed by atoms with Gasteiger partial charge in [0, 0.05) is 19.2 Å². The van der Waals surface area contributed by atoms with Crippen molar-refractivity contribution in [1.82, 2.24) is 5.32 Å². The first-order valence-corrected chi connectivity index (χ1v) is 7.44. The van der Waals surface area contributed by atoms with Gasteiger partial charge in [-0.25, -0.2) is 4.39 Å². The van der Waals surface area contributed by atoms with Gasteiger partial charge in [-0.2, -0.15) is 0 Å². The molecule has 0 fully saturated rings. The number of ether oxygens (including phenoxy) is 3. The van der Waals surface area contributed by atoms with E-state index < -0.39 is 0 Å². The highest BCUT2D eigenvalue weighted by atomic mass is 19.1. The number of rotatable bonds is 8. The quantitative estimate of drug-likeness (QED) is 0.807. The van der Waals surface area contributed by atoms with E-state index in [0.29, 0.717) is 11.5 Å². The number of methoxy groups -OCH3 is 2. The number of carbonyl (C=O) groups excluding carboxylic acids is 1. The maximum atomic E-state index is 12.8. The van der Waals surface area contributed by atoms with Crippen LogP contribution >= 0.6 is 0 Å². The van der Waals surface area contributed by atoms with Gasteiger partial charge in [-0.3, -0.25) is 4.79 Å².